The van der Waals surface area contributed by atoms with Gasteiger partial charge in [-0.1, -0.05) is 12.8 Å². The van der Waals surface area contributed by atoms with E-state index in [0.717, 1.165) is 38.5 Å². The van der Waals surface area contributed by atoms with Gasteiger partial charge in [0.05, 0.1) is 12.5 Å². The highest BCUT2D eigenvalue weighted by molar-refractivity contribution is 5.72. The minimum absolute atomic E-state index is 0.0111. The molecule has 2 N–H and O–H groups in total. The van der Waals surface area contributed by atoms with Crippen LogP contribution >= 0.6 is 0 Å². The Labute approximate surface area is 86.0 Å². The lowest BCUT2D eigenvalue weighted by Crippen LogP contribution is -2.25. The van der Waals surface area contributed by atoms with Gasteiger partial charge in [0.2, 0.25) is 0 Å². The Balaban J connectivity index is 2.34. The number of nitrogens with two attached hydrogens (primary N) is 1. The van der Waals surface area contributed by atoms with Gasteiger partial charge in [0.15, 0.2) is 0 Å². The van der Waals surface area contributed by atoms with Gasteiger partial charge in [0, 0.05) is 6.04 Å². The SMILES string of the molecule is CCOC(=O)C1CCCC(N)CCC1. The van der Waals surface area contributed by atoms with Gasteiger partial charge in [-0.3, -0.25) is 4.79 Å². The van der Waals surface area contributed by atoms with Crippen LogP contribution in [0.2, 0.25) is 0 Å². The van der Waals surface area contributed by atoms with Crippen molar-refractivity contribution >= 4 is 5.97 Å². The lowest BCUT2D eigenvalue weighted by Gasteiger charge is -2.21. The Morgan fingerprint density at radius 2 is 1.86 bits per heavy atom. The minimum atomic E-state index is -0.0111. The summed E-state index contributed by atoms with van der Waals surface area (Å²) in [5.74, 6) is 0.116. The maximum Gasteiger partial charge on any atom is 0.308 e. The van der Waals surface area contributed by atoms with Crippen LogP contribution in [0, 0.1) is 5.92 Å². The molecule has 0 saturated heterocycles. The van der Waals surface area contributed by atoms with Crippen LogP contribution in [0.1, 0.15) is 45.4 Å². The second kappa shape index (κ2) is 6.02. The number of carbonyl (C=O) groups is 1. The zero-order valence-electron chi connectivity index (χ0n) is 9.00. The fourth-order valence-electron chi connectivity index (χ4n) is 2.04. The van der Waals surface area contributed by atoms with E-state index in [1.165, 1.54) is 0 Å². The van der Waals surface area contributed by atoms with Crippen molar-refractivity contribution in [3.05, 3.63) is 0 Å². The fraction of sp³-hybridized carbons (Fsp3) is 0.909. The highest BCUT2D eigenvalue weighted by Crippen LogP contribution is 2.22. The topological polar surface area (TPSA) is 52.3 Å². The molecule has 0 heterocycles. The van der Waals surface area contributed by atoms with Crippen LogP contribution in [0.3, 0.4) is 0 Å². The van der Waals surface area contributed by atoms with Crippen LogP contribution in [0.5, 0.6) is 0 Å². The van der Waals surface area contributed by atoms with E-state index in [1.54, 1.807) is 0 Å². The first-order chi connectivity index (χ1) is 6.74. The lowest BCUT2D eigenvalue weighted by atomic mass is 9.89. The van der Waals surface area contributed by atoms with Crippen LogP contribution in [-0.2, 0) is 9.53 Å². The summed E-state index contributed by atoms with van der Waals surface area (Å²) in [7, 11) is 0. The average molecular weight is 199 g/mol. The summed E-state index contributed by atoms with van der Waals surface area (Å²) in [5.41, 5.74) is 5.87. The second-order valence-corrected chi connectivity index (χ2v) is 4.07. The first-order valence-electron chi connectivity index (χ1n) is 5.66. The molecule has 0 atom stereocenters. The summed E-state index contributed by atoms with van der Waals surface area (Å²) in [4.78, 5) is 11.5. The molecule has 14 heavy (non-hydrogen) atoms. The third-order valence-corrected chi connectivity index (χ3v) is 2.87. The Kier molecular flexibility index (Phi) is 4.94. The standard InChI is InChI=1S/C11H21NO2/c1-2-14-11(13)9-5-3-7-10(12)8-4-6-9/h9-10H,2-8,12H2,1H3. The highest BCUT2D eigenvalue weighted by atomic mass is 16.5. The fourth-order valence-corrected chi connectivity index (χ4v) is 2.04. The van der Waals surface area contributed by atoms with Crippen molar-refractivity contribution in [3.63, 3.8) is 0 Å². The zero-order chi connectivity index (χ0) is 10.4. The highest BCUT2D eigenvalue weighted by Gasteiger charge is 2.21. The summed E-state index contributed by atoms with van der Waals surface area (Å²) >= 11 is 0. The maximum atomic E-state index is 11.5. The van der Waals surface area contributed by atoms with Crippen LogP contribution in [0.4, 0.5) is 0 Å². The molecule has 3 nitrogen and oxygen atoms in total. The summed E-state index contributed by atoms with van der Waals surface area (Å²) in [6, 6.07) is 0.346. The van der Waals surface area contributed by atoms with Crippen molar-refractivity contribution in [1.82, 2.24) is 0 Å². The monoisotopic (exact) mass is 199 g/mol. The number of hydrogen-bond donors (Lipinski definition) is 1. The van der Waals surface area contributed by atoms with Crippen LogP contribution in [0.15, 0.2) is 0 Å². The van der Waals surface area contributed by atoms with Crippen molar-refractivity contribution in [2.24, 2.45) is 11.7 Å². The molecule has 82 valence electrons. The predicted octanol–water partition coefficient (Wildman–Crippen LogP) is 1.85. The molecule has 1 saturated carbocycles. The third kappa shape index (κ3) is 3.66. The molecule has 1 rings (SSSR count). The molecule has 1 aliphatic rings. The number of carbonyl (C=O) groups excluding carboxylic acids is 1. The van der Waals surface area contributed by atoms with Crippen LogP contribution in [0.25, 0.3) is 0 Å². The van der Waals surface area contributed by atoms with Gasteiger partial charge in [-0.2, -0.15) is 0 Å². The van der Waals surface area contributed by atoms with E-state index >= 15 is 0 Å². The molecule has 0 aromatic carbocycles. The molecule has 0 spiro atoms. The summed E-state index contributed by atoms with van der Waals surface area (Å²) in [5, 5.41) is 0. The number of ether oxygens (including phenoxy) is 1. The number of rotatable bonds is 2. The Bertz CT molecular complexity index is 172. The van der Waals surface area contributed by atoms with Crippen molar-refractivity contribution in [1.29, 1.82) is 0 Å². The third-order valence-electron chi connectivity index (χ3n) is 2.87. The van der Waals surface area contributed by atoms with E-state index in [2.05, 4.69) is 0 Å². The van der Waals surface area contributed by atoms with Gasteiger partial charge in [0.1, 0.15) is 0 Å². The molecule has 0 amide bonds. The second-order valence-electron chi connectivity index (χ2n) is 4.07. The number of hydrogen-bond acceptors (Lipinski definition) is 3. The van der Waals surface area contributed by atoms with Crippen LogP contribution < -0.4 is 5.73 Å². The molecular weight excluding hydrogens is 178 g/mol. The van der Waals surface area contributed by atoms with Crippen LogP contribution in [-0.4, -0.2) is 18.6 Å². The summed E-state index contributed by atoms with van der Waals surface area (Å²) < 4.78 is 5.03. The van der Waals surface area contributed by atoms with E-state index < -0.39 is 0 Å². The summed E-state index contributed by atoms with van der Waals surface area (Å²) in [6.45, 7) is 2.35. The molecule has 0 radical (unpaired) electrons. The molecule has 1 aliphatic carbocycles. The van der Waals surface area contributed by atoms with E-state index in [-0.39, 0.29) is 11.9 Å². The molecule has 0 aromatic heterocycles. The van der Waals surface area contributed by atoms with E-state index in [0.29, 0.717) is 12.6 Å². The summed E-state index contributed by atoms with van der Waals surface area (Å²) in [6.07, 6.45) is 6.13. The molecule has 1 fully saturated rings. The zero-order valence-corrected chi connectivity index (χ0v) is 9.00. The Morgan fingerprint density at radius 1 is 1.29 bits per heavy atom. The van der Waals surface area contributed by atoms with Gasteiger partial charge >= 0.3 is 5.97 Å². The normalized spacial score (nSPS) is 29.0. The molecular formula is C11H21NO2. The maximum absolute atomic E-state index is 11.5. The molecule has 3 heteroatoms. The van der Waals surface area contributed by atoms with Crippen molar-refractivity contribution < 1.29 is 9.53 Å². The molecule has 0 bridgehead atoms. The van der Waals surface area contributed by atoms with E-state index in [9.17, 15) is 4.79 Å². The lowest BCUT2D eigenvalue weighted by molar-refractivity contribution is -0.148. The largest absolute Gasteiger partial charge is 0.466 e. The quantitative estimate of drug-likeness (QED) is 0.690. The number of esters is 1. The van der Waals surface area contributed by atoms with Crippen molar-refractivity contribution in [2.75, 3.05) is 6.61 Å². The van der Waals surface area contributed by atoms with Gasteiger partial charge < -0.3 is 10.5 Å². The molecule has 0 aromatic rings. The molecule has 0 aliphatic heterocycles. The van der Waals surface area contributed by atoms with Crippen molar-refractivity contribution in [2.45, 2.75) is 51.5 Å². The average Bonchev–Trinajstić information content (AvgIpc) is 2.11. The van der Waals surface area contributed by atoms with Gasteiger partial charge in [-0.05, 0) is 32.6 Å². The molecule has 0 unspecified atom stereocenters. The Morgan fingerprint density at radius 3 is 2.36 bits per heavy atom. The first-order valence-corrected chi connectivity index (χ1v) is 5.66. The van der Waals surface area contributed by atoms with Gasteiger partial charge in [-0.25, -0.2) is 0 Å². The first kappa shape index (κ1) is 11.5. The van der Waals surface area contributed by atoms with Gasteiger partial charge in [0.25, 0.3) is 0 Å². The smallest absolute Gasteiger partial charge is 0.308 e. The van der Waals surface area contributed by atoms with E-state index in [1.807, 2.05) is 6.92 Å². The Hall–Kier alpha value is -0.570. The minimum Gasteiger partial charge on any atom is -0.466 e. The van der Waals surface area contributed by atoms with Gasteiger partial charge in [-0.15, -0.1) is 0 Å². The van der Waals surface area contributed by atoms with E-state index in [4.69, 9.17) is 10.5 Å². The predicted molar refractivity (Wildman–Crippen MR) is 55.8 cm³/mol. The van der Waals surface area contributed by atoms with Crippen molar-refractivity contribution in [3.8, 4) is 0 Å².